The third-order valence-electron chi connectivity index (χ3n) is 5.40. The van der Waals surface area contributed by atoms with E-state index in [9.17, 15) is 9.90 Å². The zero-order valence-electron chi connectivity index (χ0n) is 19.4. The molecular formula is C25H32N4O4. The van der Waals surface area contributed by atoms with E-state index in [-0.39, 0.29) is 18.1 Å². The van der Waals surface area contributed by atoms with E-state index in [1.165, 1.54) is 6.92 Å². The molecule has 8 nitrogen and oxygen atoms in total. The molecule has 0 spiro atoms. The molecule has 0 aliphatic heterocycles. The first-order chi connectivity index (χ1) is 15.9. The van der Waals surface area contributed by atoms with E-state index in [1.54, 1.807) is 12.7 Å². The maximum atomic E-state index is 11.8. The molecule has 0 aliphatic carbocycles. The molecule has 0 fully saturated rings. The van der Waals surface area contributed by atoms with E-state index in [4.69, 9.17) is 9.47 Å². The number of esters is 1. The smallest absolute Gasteiger partial charge is 0.303 e. The molecule has 0 radical (unpaired) electrons. The van der Waals surface area contributed by atoms with Crippen LogP contribution in [0.1, 0.15) is 50.0 Å². The van der Waals surface area contributed by atoms with Gasteiger partial charge in [0.1, 0.15) is 31.1 Å². The van der Waals surface area contributed by atoms with Crippen molar-refractivity contribution >= 4 is 5.97 Å². The highest BCUT2D eigenvalue weighted by Gasteiger charge is 2.23. The zero-order valence-corrected chi connectivity index (χ0v) is 19.4. The largest absolute Gasteiger partial charge is 0.489 e. The summed E-state index contributed by atoms with van der Waals surface area (Å²) in [5, 5.41) is 21.1. The minimum Gasteiger partial charge on any atom is -0.489 e. The molecule has 0 aliphatic rings. The minimum absolute atomic E-state index is 0.178. The van der Waals surface area contributed by atoms with E-state index in [0.29, 0.717) is 24.5 Å². The number of carbonyl (C=O) groups excluding carboxylic acids is 1. The van der Waals surface area contributed by atoms with Crippen molar-refractivity contribution in [1.82, 2.24) is 20.1 Å². The van der Waals surface area contributed by atoms with Crippen LogP contribution >= 0.6 is 0 Å². The van der Waals surface area contributed by atoms with Crippen LogP contribution in [0.3, 0.4) is 0 Å². The predicted molar refractivity (Wildman–Crippen MR) is 124 cm³/mol. The molecule has 0 amide bonds. The summed E-state index contributed by atoms with van der Waals surface area (Å²) in [4.78, 5) is 11.8. The van der Waals surface area contributed by atoms with Gasteiger partial charge in [-0.25, -0.2) is 0 Å². The van der Waals surface area contributed by atoms with Gasteiger partial charge in [-0.1, -0.05) is 36.4 Å². The monoisotopic (exact) mass is 452 g/mol. The van der Waals surface area contributed by atoms with E-state index < -0.39 is 6.10 Å². The Bertz CT molecular complexity index is 1010. The Labute approximate surface area is 194 Å². The molecule has 176 valence electrons. The maximum Gasteiger partial charge on any atom is 0.303 e. The maximum absolute atomic E-state index is 11.8. The molecule has 33 heavy (non-hydrogen) atoms. The van der Waals surface area contributed by atoms with Gasteiger partial charge in [-0.15, -0.1) is 10.2 Å². The van der Waals surface area contributed by atoms with Crippen molar-refractivity contribution in [2.45, 2.75) is 58.6 Å². The van der Waals surface area contributed by atoms with E-state index in [2.05, 4.69) is 29.4 Å². The fraction of sp³-hybridized carbons (Fsp3) is 0.400. The Morgan fingerprint density at radius 1 is 1.15 bits per heavy atom. The van der Waals surface area contributed by atoms with E-state index in [0.717, 1.165) is 24.1 Å². The number of nitrogens with one attached hydrogen (secondary N) is 1. The molecule has 2 N–H and O–H groups in total. The van der Waals surface area contributed by atoms with Gasteiger partial charge in [0, 0.05) is 31.1 Å². The van der Waals surface area contributed by atoms with Crippen LogP contribution in [0.2, 0.25) is 0 Å². The average molecular weight is 453 g/mol. The second kappa shape index (κ2) is 11.6. The molecule has 1 unspecified atom stereocenters. The molecule has 1 atom stereocenters. The lowest BCUT2D eigenvalue weighted by molar-refractivity contribution is -0.146. The summed E-state index contributed by atoms with van der Waals surface area (Å²) in [5.41, 5.74) is 2.28. The number of hydrogen-bond donors (Lipinski definition) is 2. The molecule has 0 saturated carbocycles. The first kappa shape index (κ1) is 24.4. The number of aromatic nitrogens is 3. The second-order valence-corrected chi connectivity index (χ2v) is 8.61. The van der Waals surface area contributed by atoms with Crippen molar-refractivity contribution in [3.63, 3.8) is 0 Å². The van der Waals surface area contributed by atoms with Crippen LogP contribution in [0.25, 0.3) is 0 Å². The number of aliphatic hydroxyl groups is 1. The van der Waals surface area contributed by atoms with Gasteiger partial charge in [-0.3, -0.25) is 4.79 Å². The van der Waals surface area contributed by atoms with Gasteiger partial charge in [0.2, 0.25) is 0 Å². The van der Waals surface area contributed by atoms with Gasteiger partial charge in [-0.2, -0.15) is 0 Å². The highest BCUT2D eigenvalue weighted by atomic mass is 16.5. The normalized spacial score (nSPS) is 12.4. The fourth-order valence-electron chi connectivity index (χ4n) is 3.43. The molecule has 0 bridgehead atoms. The number of benzene rings is 2. The van der Waals surface area contributed by atoms with Crippen LogP contribution in [0.15, 0.2) is 61.2 Å². The zero-order chi connectivity index (χ0) is 23.7. The van der Waals surface area contributed by atoms with Gasteiger partial charge in [0.05, 0.1) is 6.61 Å². The standard InChI is InChI=1S/C25H32N4O4/c1-19(31)33-24(14-26-25(2,3)11-12-29-17-27-28-18-29)21-9-10-23(22(13-21)15-30)32-16-20-7-5-4-6-8-20/h4-10,13,17-18,24,26,30H,11-12,14-16H2,1-3H3. The van der Waals surface area contributed by atoms with Crippen LogP contribution in [0.5, 0.6) is 5.75 Å². The molecule has 3 rings (SSSR count). The van der Waals surface area contributed by atoms with Gasteiger partial charge < -0.3 is 24.5 Å². The number of carbonyl (C=O) groups is 1. The lowest BCUT2D eigenvalue weighted by atomic mass is 9.99. The number of ether oxygens (including phenoxy) is 2. The fourth-order valence-corrected chi connectivity index (χ4v) is 3.43. The number of rotatable bonds is 12. The minimum atomic E-state index is -0.495. The summed E-state index contributed by atoms with van der Waals surface area (Å²) in [6.45, 7) is 7.03. The van der Waals surface area contributed by atoms with E-state index in [1.807, 2.05) is 53.1 Å². The van der Waals surface area contributed by atoms with Crippen LogP contribution in [0.4, 0.5) is 0 Å². The third kappa shape index (κ3) is 7.69. The lowest BCUT2D eigenvalue weighted by Gasteiger charge is -2.29. The molecular weight excluding hydrogens is 420 g/mol. The predicted octanol–water partition coefficient (Wildman–Crippen LogP) is 3.41. The van der Waals surface area contributed by atoms with Crippen LogP contribution in [0, 0.1) is 0 Å². The van der Waals surface area contributed by atoms with Crippen molar-refractivity contribution in [2.75, 3.05) is 6.54 Å². The van der Waals surface area contributed by atoms with Crippen molar-refractivity contribution in [2.24, 2.45) is 0 Å². The Balaban J connectivity index is 1.67. The molecule has 0 saturated heterocycles. The van der Waals surface area contributed by atoms with Gasteiger partial charge in [0.15, 0.2) is 0 Å². The van der Waals surface area contributed by atoms with Crippen molar-refractivity contribution in [3.8, 4) is 5.75 Å². The first-order valence-corrected chi connectivity index (χ1v) is 11.0. The van der Waals surface area contributed by atoms with Crippen molar-refractivity contribution < 1.29 is 19.4 Å². The van der Waals surface area contributed by atoms with Gasteiger partial charge in [-0.05, 0) is 43.5 Å². The lowest BCUT2D eigenvalue weighted by Crippen LogP contribution is -2.42. The Hall–Kier alpha value is -3.23. The quantitative estimate of drug-likeness (QED) is 0.406. The van der Waals surface area contributed by atoms with E-state index >= 15 is 0 Å². The summed E-state index contributed by atoms with van der Waals surface area (Å²) >= 11 is 0. The SMILES string of the molecule is CC(=O)OC(CNC(C)(C)CCn1cnnc1)c1ccc(OCc2ccccc2)c(CO)c1. The van der Waals surface area contributed by atoms with Gasteiger partial charge in [0.25, 0.3) is 0 Å². The average Bonchev–Trinajstić information content (AvgIpc) is 3.33. The molecule has 1 aromatic heterocycles. The summed E-state index contributed by atoms with van der Waals surface area (Å²) in [6, 6.07) is 15.4. The third-order valence-corrected chi connectivity index (χ3v) is 5.40. The Morgan fingerprint density at radius 2 is 1.88 bits per heavy atom. The summed E-state index contributed by atoms with van der Waals surface area (Å²) < 4.78 is 13.4. The molecule has 2 aromatic carbocycles. The summed E-state index contributed by atoms with van der Waals surface area (Å²) in [6.07, 6.45) is 3.72. The first-order valence-electron chi connectivity index (χ1n) is 11.0. The number of nitrogens with zero attached hydrogens (tertiary/aromatic N) is 3. The molecule has 1 heterocycles. The van der Waals surface area contributed by atoms with Crippen LogP contribution < -0.4 is 10.1 Å². The summed E-state index contributed by atoms with van der Waals surface area (Å²) in [7, 11) is 0. The Morgan fingerprint density at radius 3 is 2.55 bits per heavy atom. The van der Waals surface area contributed by atoms with Crippen molar-refractivity contribution in [3.05, 3.63) is 77.9 Å². The van der Waals surface area contributed by atoms with Crippen LogP contribution in [-0.4, -0.2) is 37.9 Å². The van der Waals surface area contributed by atoms with Crippen molar-refractivity contribution in [1.29, 1.82) is 0 Å². The highest BCUT2D eigenvalue weighted by molar-refractivity contribution is 5.66. The second-order valence-electron chi connectivity index (χ2n) is 8.61. The molecule has 8 heteroatoms. The number of hydrogen-bond acceptors (Lipinski definition) is 7. The molecule has 3 aromatic rings. The number of aryl methyl sites for hydroxylation is 1. The number of aliphatic hydroxyl groups excluding tert-OH is 1. The summed E-state index contributed by atoms with van der Waals surface area (Å²) in [5.74, 6) is 0.243. The topological polar surface area (TPSA) is 98.5 Å². The highest BCUT2D eigenvalue weighted by Crippen LogP contribution is 2.27. The van der Waals surface area contributed by atoms with Crippen LogP contribution in [-0.2, 0) is 29.3 Å². The Kier molecular flexibility index (Phi) is 8.57. The van der Waals surface area contributed by atoms with Gasteiger partial charge >= 0.3 is 5.97 Å².